The molecule has 0 saturated carbocycles. The molecular formula is C25H20ClF3N8O. The number of halogens is 4. The van der Waals surface area contributed by atoms with Crippen molar-refractivity contribution in [1.29, 1.82) is 0 Å². The Labute approximate surface area is 218 Å². The lowest BCUT2D eigenvalue weighted by Gasteiger charge is -2.31. The third-order valence-corrected chi connectivity index (χ3v) is 6.68. The highest BCUT2D eigenvalue weighted by Crippen LogP contribution is 2.39. The van der Waals surface area contributed by atoms with E-state index < -0.39 is 17.3 Å². The zero-order valence-electron chi connectivity index (χ0n) is 19.7. The maximum Gasteiger partial charge on any atom is 0.418 e. The van der Waals surface area contributed by atoms with Crippen LogP contribution in [-0.2, 0) is 6.18 Å². The second-order valence-corrected chi connectivity index (χ2v) is 9.12. The molecule has 1 aliphatic rings. The lowest BCUT2D eigenvalue weighted by Crippen LogP contribution is -2.44. The van der Waals surface area contributed by atoms with Gasteiger partial charge in [-0.2, -0.15) is 18.2 Å². The number of aromatic nitrogens is 5. The molecule has 0 atom stereocenters. The van der Waals surface area contributed by atoms with Crippen molar-refractivity contribution in [2.45, 2.75) is 6.18 Å². The second kappa shape index (κ2) is 9.30. The molecule has 38 heavy (non-hydrogen) atoms. The first-order valence-corrected chi connectivity index (χ1v) is 12.1. The first-order chi connectivity index (χ1) is 18.3. The lowest BCUT2D eigenvalue weighted by atomic mass is 10.1. The van der Waals surface area contributed by atoms with E-state index in [-0.39, 0.29) is 34.1 Å². The van der Waals surface area contributed by atoms with E-state index in [1.54, 1.807) is 45.8 Å². The van der Waals surface area contributed by atoms with E-state index in [2.05, 4.69) is 25.6 Å². The summed E-state index contributed by atoms with van der Waals surface area (Å²) < 4.78 is 44.9. The maximum atomic E-state index is 14.0. The Kier molecular flexibility index (Phi) is 5.92. The number of para-hydroxylation sites is 1. The SMILES string of the molecule is O=c1c2cnc(Nc3ccc(N4CCNCC4)c(C(F)(F)F)c3)nc2n2ccnc2n1-c1ccccc1Cl. The van der Waals surface area contributed by atoms with Gasteiger partial charge in [-0.15, -0.1) is 0 Å². The molecule has 3 aromatic heterocycles. The molecule has 6 rings (SSSR count). The van der Waals surface area contributed by atoms with Gasteiger partial charge in [0.15, 0.2) is 5.65 Å². The number of rotatable bonds is 4. The minimum atomic E-state index is -4.55. The Bertz CT molecular complexity index is 1730. The summed E-state index contributed by atoms with van der Waals surface area (Å²) in [6.45, 7) is 2.19. The van der Waals surface area contributed by atoms with E-state index in [4.69, 9.17) is 11.6 Å². The van der Waals surface area contributed by atoms with Crippen LogP contribution < -0.4 is 21.1 Å². The number of hydrogen-bond donors (Lipinski definition) is 2. The maximum absolute atomic E-state index is 14.0. The Morgan fingerprint density at radius 3 is 2.58 bits per heavy atom. The molecular weight excluding hydrogens is 521 g/mol. The van der Waals surface area contributed by atoms with E-state index in [0.29, 0.717) is 36.9 Å². The molecule has 1 aliphatic heterocycles. The van der Waals surface area contributed by atoms with Crippen LogP contribution >= 0.6 is 11.6 Å². The Morgan fingerprint density at radius 1 is 1.03 bits per heavy atom. The van der Waals surface area contributed by atoms with Crippen LogP contribution in [0.5, 0.6) is 0 Å². The van der Waals surface area contributed by atoms with Gasteiger partial charge in [-0.1, -0.05) is 23.7 Å². The number of imidazole rings is 1. The quantitative estimate of drug-likeness (QED) is 0.352. The summed E-state index contributed by atoms with van der Waals surface area (Å²) in [5.41, 5.74) is -0.186. The molecule has 5 aromatic rings. The fraction of sp³-hybridized carbons (Fsp3) is 0.200. The van der Waals surface area contributed by atoms with E-state index in [9.17, 15) is 18.0 Å². The number of hydrogen-bond acceptors (Lipinski definition) is 7. The molecule has 194 valence electrons. The number of nitrogens with one attached hydrogen (secondary N) is 2. The third-order valence-electron chi connectivity index (χ3n) is 6.36. The Morgan fingerprint density at radius 2 is 1.82 bits per heavy atom. The lowest BCUT2D eigenvalue weighted by molar-refractivity contribution is -0.137. The van der Waals surface area contributed by atoms with Crippen LogP contribution in [-0.4, -0.2) is 50.1 Å². The van der Waals surface area contributed by atoms with Crippen molar-refractivity contribution in [3.63, 3.8) is 0 Å². The van der Waals surface area contributed by atoms with E-state index in [1.165, 1.54) is 23.0 Å². The normalized spacial score (nSPS) is 14.4. The highest BCUT2D eigenvalue weighted by molar-refractivity contribution is 6.32. The predicted octanol–water partition coefficient (Wildman–Crippen LogP) is 4.25. The standard InChI is InChI=1S/C25H20ClF3N8O/c26-18-3-1-2-4-20(18)37-22(38)16-14-32-23(34-21(16)36-12-9-31-24(36)37)33-15-5-6-19(17(13-15)25(27,28)29)35-10-7-30-8-11-35/h1-6,9,12-14,30H,7-8,10-11H2,(H,32,33,34). The number of fused-ring (bicyclic) bond motifs is 3. The molecule has 4 heterocycles. The highest BCUT2D eigenvalue weighted by atomic mass is 35.5. The molecule has 0 amide bonds. The number of alkyl halides is 3. The molecule has 0 bridgehead atoms. The Balaban J connectivity index is 1.42. The molecule has 1 saturated heterocycles. The Hall–Kier alpha value is -4.16. The average Bonchev–Trinajstić information content (AvgIpc) is 3.40. The third kappa shape index (κ3) is 4.21. The van der Waals surface area contributed by atoms with Crippen LogP contribution in [0, 0.1) is 0 Å². The molecule has 0 radical (unpaired) electrons. The van der Waals surface area contributed by atoms with Gasteiger partial charge in [-0.05, 0) is 30.3 Å². The monoisotopic (exact) mass is 540 g/mol. The number of nitrogens with zero attached hydrogens (tertiary/aromatic N) is 6. The van der Waals surface area contributed by atoms with E-state index in [1.807, 2.05) is 0 Å². The van der Waals surface area contributed by atoms with Gasteiger partial charge in [0.05, 0.1) is 16.3 Å². The fourth-order valence-electron chi connectivity index (χ4n) is 4.61. The van der Waals surface area contributed by atoms with Gasteiger partial charge in [0.2, 0.25) is 11.7 Å². The largest absolute Gasteiger partial charge is 0.418 e. The molecule has 1 fully saturated rings. The number of piperazine rings is 1. The molecule has 9 nitrogen and oxygen atoms in total. The van der Waals surface area contributed by atoms with Crippen molar-refractivity contribution in [3.8, 4) is 5.69 Å². The summed E-state index contributed by atoms with van der Waals surface area (Å²) in [7, 11) is 0. The minimum Gasteiger partial charge on any atom is -0.368 e. The zero-order valence-corrected chi connectivity index (χ0v) is 20.5. The summed E-state index contributed by atoms with van der Waals surface area (Å²) >= 11 is 6.35. The number of benzene rings is 2. The molecule has 0 spiro atoms. The van der Waals surface area contributed by atoms with Crippen LogP contribution in [0.25, 0.3) is 22.5 Å². The van der Waals surface area contributed by atoms with Gasteiger partial charge in [-0.3, -0.25) is 9.20 Å². The molecule has 13 heteroatoms. The van der Waals surface area contributed by atoms with Gasteiger partial charge in [0, 0.05) is 56.1 Å². The summed E-state index contributed by atoms with van der Waals surface area (Å²) in [5, 5.41) is 6.55. The van der Waals surface area contributed by atoms with Crippen LogP contribution in [0.3, 0.4) is 0 Å². The highest BCUT2D eigenvalue weighted by Gasteiger charge is 2.35. The summed E-state index contributed by atoms with van der Waals surface area (Å²) in [5.74, 6) is 0.311. The van der Waals surface area contributed by atoms with Crippen molar-refractivity contribution in [2.75, 3.05) is 36.4 Å². The van der Waals surface area contributed by atoms with Crippen LogP contribution in [0.4, 0.5) is 30.5 Å². The number of anilines is 3. The summed E-state index contributed by atoms with van der Waals surface area (Å²) in [6.07, 6.45) is -0.0685. The van der Waals surface area contributed by atoms with E-state index in [0.717, 1.165) is 6.07 Å². The van der Waals surface area contributed by atoms with E-state index >= 15 is 0 Å². The zero-order chi connectivity index (χ0) is 26.4. The van der Waals surface area contributed by atoms with Crippen LogP contribution in [0.15, 0.2) is 65.8 Å². The van der Waals surface area contributed by atoms with Gasteiger partial charge in [-0.25, -0.2) is 14.5 Å². The fourth-order valence-corrected chi connectivity index (χ4v) is 4.83. The van der Waals surface area contributed by atoms with Crippen molar-refractivity contribution in [3.05, 3.63) is 82.0 Å². The average molecular weight is 541 g/mol. The second-order valence-electron chi connectivity index (χ2n) is 8.71. The van der Waals surface area contributed by atoms with Crippen molar-refractivity contribution >= 4 is 45.7 Å². The molecule has 2 N–H and O–H groups in total. The van der Waals surface area contributed by atoms with Gasteiger partial charge in [0.25, 0.3) is 5.56 Å². The minimum absolute atomic E-state index is 0.0328. The first-order valence-electron chi connectivity index (χ1n) is 11.7. The first kappa shape index (κ1) is 24.2. The predicted molar refractivity (Wildman–Crippen MR) is 139 cm³/mol. The van der Waals surface area contributed by atoms with Crippen molar-refractivity contribution in [1.82, 2.24) is 29.2 Å². The van der Waals surface area contributed by atoms with Gasteiger partial charge >= 0.3 is 6.18 Å². The molecule has 0 aliphatic carbocycles. The van der Waals surface area contributed by atoms with Crippen molar-refractivity contribution in [2.24, 2.45) is 0 Å². The summed E-state index contributed by atoms with van der Waals surface area (Å²) in [4.78, 5) is 28.1. The van der Waals surface area contributed by atoms with Gasteiger partial charge < -0.3 is 15.5 Å². The summed E-state index contributed by atoms with van der Waals surface area (Å²) in [6, 6.07) is 10.9. The van der Waals surface area contributed by atoms with Gasteiger partial charge in [0.1, 0.15) is 5.39 Å². The van der Waals surface area contributed by atoms with Crippen LogP contribution in [0.1, 0.15) is 5.56 Å². The van der Waals surface area contributed by atoms with Crippen LogP contribution in [0.2, 0.25) is 5.02 Å². The molecule has 0 unspecified atom stereocenters. The smallest absolute Gasteiger partial charge is 0.368 e. The topological polar surface area (TPSA) is 92.4 Å². The molecule has 2 aromatic carbocycles. The van der Waals surface area contributed by atoms with Crippen molar-refractivity contribution < 1.29 is 13.2 Å².